The lowest BCUT2D eigenvalue weighted by molar-refractivity contribution is 0.318. The second-order valence-electron chi connectivity index (χ2n) is 3.17. The molecule has 0 aromatic carbocycles. The topological polar surface area (TPSA) is 40.5 Å². The molecular formula is C14H26O2. The molecule has 0 aromatic rings. The Morgan fingerprint density at radius 3 is 1.94 bits per heavy atom. The predicted molar refractivity (Wildman–Crippen MR) is 70.3 cm³/mol. The van der Waals surface area contributed by atoms with Crippen molar-refractivity contribution in [2.24, 2.45) is 5.92 Å². The first kappa shape index (κ1) is 20.3. The third kappa shape index (κ3) is 23.1. The van der Waals surface area contributed by atoms with Crippen molar-refractivity contribution in [2.45, 2.75) is 52.9 Å². The zero-order chi connectivity index (χ0) is 13.2. The van der Waals surface area contributed by atoms with Gasteiger partial charge in [0.1, 0.15) is 6.11 Å². The van der Waals surface area contributed by atoms with Gasteiger partial charge in [0.2, 0.25) is 0 Å². The highest BCUT2D eigenvalue weighted by Crippen LogP contribution is 2.11. The van der Waals surface area contributed by atoms with Crippen LogP contribution in [0.1, 0.15) is 52.9 Å². The zero-order valence-electron chi connectivity index (χ0n) is 10.9. The predicted octanol–water partition coefficient (Wildman–Crippen LogP) is 3.17. The maximum absolute atomic E-state index is 8.36. The lowest BCUT2D eigenvalue weighted by Crippen LogP contribution is -1.94. The fourth-order valence-corrected chi connectivity index (χ4v) is 1.11. The van der Waals surface area contributed by atoms with Gasteiger partial charge in [-0.15, -0.1) is 12.8 Å². The summed E-state index contributed by atoms with van der Waals surface area (Å²) in [5, 5.41) is 15.9. The van der Waals surface area contributed by atoms with Crippen molar-refractivity contribution in [3.05, 3.63) is 0 Å². The monoisotopic (exact) mass is 226 g/mol. The summed E-state index contributed by atoms with van der Waals surface area (Å²) in [5.41, 5.74) is 0. The molecule has 1 atom stereocenters. The summed E-state index contributed by atoms with van der Waals surface area (Å²) in [6.45, 7) is 6.24. The molecule has 0 rings (SSSR count). The normalized spacial score (nSPS) is 9.38. The Morgan fingerprint density at radius 2 is 1.62 bits per heavy atom. The number of aliphatic hydroxyl groups is 2. The summed E-state index contributed by atoms with van der Waals surface area (Å²) in [6, 6.07) is 0. The van der Waals surface area contributed by atoms with E-state index < -0.39 is 0 Å². The summed E-state index contributed by atoms with van der Waals surface area (Å²) >= 11 is 0. The van der Waals surface area contributed by atoms with E-state index in [0.29, 0.717) is 5.92 Å². The van der Waals surface area contributed by atoms with Crippen LogP contribution in [0.2, 0.25) is 0 Å². The van der Waals surface area contributed by atoms with Crippen LogP contribution in [0, 0.1) is 30.8 Å². The SMILES string of the molecule is C#C.CCCCCC(C#CO)CC.CCO. The van der Waals surface area contributed by atoms with E-state index >= 15 is 0 Å². The number of aliphatic hydroxyl groups excluding tert-OH is 2. The van der Waals surface area contributed by atoms with E-state index in [2.05, 4.69) is 32.6 Å². The minimum Gasteiger partial charge on any atom is -0.462 e. The van der Waals surface area contributed by atoms with Gasteiger partial charge in [-0.3, -0.25) is 0 Å². The third-order valence-electron chi connectivity index (χ3n) is 1.92. The van der Waals surface area contributed by atoms with Crippen molar-refractivity contribution < 1.29 is 10.2 Å². The second-order valence-corrected chi connectivity index (χ2v) is 3.17. The molecular weight excluding hydrogens is 200 g/mol. The first-order valence-electron chi connectivity index (χ1n) is 5.85. The van der Waals surface area contributed by atoms with E-state index in [1.54, 1.807) is 6.92 Å². The van der Waals surface area contributed by atoms with Crippen molar-refractivity contribution in [1.82, 2.24) is 0 Å². The van der Waals surface area contributed by atoms with Crippen LogP contribution >= 0.6 is 0 Å². The van der Waals surface area contributed by atoms with Gasteiger partial charge in [-0.05, 0) is 19.8 Å². The molecule has 94 valence electrons. The molecule has 0 aliphatic carbocycles. The average Bonchev–Trinajstić information content (AvgIpc) is 2.32. The van der Waals surface area contributed by atoms with Crippen LogP contribution in [0.15, 0.2) is 0 Å². The third-order valence-corrected chi connectivity index (χ3v) is 1.92. The molecule has 0 fully saturated rings. The Labute approximate surface area is 101 Å². The van der Waals surface area contributed by atoms with Gasteiger partial charge in [0.05, 0.1) is 0 Å². The van der Waals surface area contributed by atoms with E-state index in [1.807, 2.05) is 6.11 Å². The van der Waals surface area contributed by atoms with E-state index in [9.17, 15) is 0 Å². The summed E-state index contributed by atoms with van der Waals surface area (Å²) in [5.74, 6) is 3.21. The van der Waals surface area contributed by atoms with Crippen LogP contribution in [0.5, 0.6) is 0 Å². The lowest BCUT2D eigenvalue weighted by atomic mass is 10.00. The highest BCUT2D eigenvalue weighted by molar-refractivity contribution is 4.96. The van der Waals surface area contributed by atoms with Crippen molar-refractivity contribution in [3.8, 4) is 24.9 Å². The van der Waals surface area contributed by atoms with Crippen LogP contribution in [-0.4, -0.2) is 16.8 Å². The summed E-state index contributed by atoms with van der Waals surface area (Å²) in [4.78, 5) is 0. The molecule has 0 saturated heterocycles. The standard InChI is InChI=1S/C10H18O.C2H6O.C2H2/c1-3-5-6-7-10(4-2)8-9-11;1-2-3;1-2/h10-11H,3-7H2,1-2H3;3H,2H2,1H3;1-2H. The maximum atomic E-state index is 8.36. The van der Waals surface area contributed by atoms with Gasteiger partial charge >= 0.3 is 0 Å². The molecule has 0 heterocycles. The highest BCUT2D eigenvalue weighted by Gasteiger charge is 2.00. The van der Waals surface area contributed by atoms with Crippen LogP contribution in [0.25, 0.3) is 0 Å². The molecule has 16 heavy (non-hydrogen) atoms. The molecule has 2 heteroatoms. The largest absolute Gasteiger partial charge is 0.462 e. The van der Waals surface area contributed by atoms with Gasteiger partial charge in [0.15, 0.2) is 0 Å². The van der Waals surface area contributed by atoms with Crippen LogP contribution in [0.4, 0.5) is 0 Å². The molecule has 2 nitrogen and oxygen atoms in total. The zero-order valence-corrected chi connectivity index (χ0v) is 10.9. The van der Waals surface area contributed by atoms with Crippen LogP contribution < -0.4 is 0 Å². The number of hydrogen-bond acceptors (Lipinski definition) is 2. The summed E-state index contributed by atoms with van der Waals surface area (Å²) in [6.07, 6.45) is 16.0. The van der Waals surface area contributed by atoms with Crippen molar-refractivity contribution in [1.29, 1.82) is 0 Å². The van der Waals surface area contributed by atoms with Gasteiger partial charge in [0.25, 0.3) is 0 Å². The van der Waals surface area contributed by atoms with Gasteiger partial charge in [-0.25, -0.2) is 0 Å². The van der Waals surface area contributed by atoms with E-state index in [0.717, 1.165) is 12.8 Å². The fourth-order valence-electron chi connectivity index (χ4n) is 1.11. The van der Waals surface area contributed by atoms with Gasteiger partial charge < -0.3 is 10.2 Å². The van der Waals surface area contributed by atoms with E-state index in [4.69, 9.17) is 10.2 Å². The van der Waals surface area contributed by atoms with Gasteiger partial charge in [-0.1, -0.05) is 39.0 Å². The average molecular weight is 226 g/mol. The Bertz CT molecular complexity index is 174. The smallest absolute Gasteiger partial charge is 0.107 e. The summed E-state index contributed by atoms with van der Waals surface area (Å²) in [7, 11) is 0. The second kappa shape index (κ2) is 23.6. The van der Waals surface area contributed by atoms with Crippen molar-refractivity contribution in [2.75, 3.05) is 6.61 Å². The molecule has 0 aliphatic rings. The Balaban J connectivity index is -0.000000289. The molecule has 0 spiro atoms. The highest BCUT2D eigenvalue weighted by atomic mass is 16.2. The Morgan fingerprint density at radius 1 is 1.12 bits per heavy atom. The molecule has 0 amide bonds. The van der Waals surface area contributed by atoms with Crippen LogP contribution in [0.3, 0.4) is 0 Å². The van der Waals surface area contributed by atoms with E-state index in [1.165, 1.54) is 19.3 Å². The van der Waals surface area contributed by atoms with Gasteiger partial charge in [0, 0.05) is 12.5 Å². The number of unbranched alkanes of at least 4 members (excludes halogenated alkanes) is 2. The van der Waals surface area contributed by atoms with Gasteiger partial charge in [-0.2, -0.15) is 0 Å². The maximum Gasteiger partial charge on any atom is 0.107 e. The molecule has 0 radical (unpaired) electrons. The van der Waals surface area contributed by atoms with Crippen LogP contribution in [-0.2, 0) is 0 Å². The molecule has 0 aliphatic heterocycles. The lowest BCUT2D eigenvalue weighted by Gasteiger charge is -2.04. The first-order valence-corrected chi connectivity index (χ1v) is 5.85. The Kier molecular flexibility index (Phi) is 29.9. The molecule has 0 aromatic heterocycles. The van der Waals surface area contributed by atoms with E-state index in [-0.39, 0.29) is 6.61 Å². The molecule has 2 N–H and O–H groups in total. The summed E-state index contributed by atoms with van der Waals surface area (Å²) < 4.78 is 0. The van der Waals surface area contributed by atoms with Crippen molar-refractivity contribution in [3.63, 3.8) is 0 Å². The minimum absolute atomic E-state index is 0.250. The number of rotatable bonds is 5. The molecule has 0 saturated carbocycles. The number of terminal acetylenes is 1. The first-order chi connectivity index (χ1) is 7.76. The minimum atomic E-state index is 0.250. The van der Waals surface area contributed by atoms with Crippen molar-refractivity contribution >= 4 is 0 Å². The number of hydrogen-bond donors (Lipinski definition) is 2. The Hall–Kier alpha value is -1.12. The fraction of sp³-hybridized carbons (Fsp3) is 0.714. The molecule has 0 bridgehead atoms. The quantitative estimate of drug-likeness (QED) is 0.558. The molecule has 1 unspecified atom stereocenters.